The summed E-state index contributed by atoms with van der Waals surface area (Å²) in [5.74, 6) is -0.705. The summed E-state index contributed by atoms with van der Waals surface area (Å²) < 4.78 is 0. The molecular formula is C9H17NO2. The molecule has 70 valence electrons. The molecule has 0 aromatic carbocycles. The highest BCUT2D eigenvalue weighted by molar-refractivity contribution is 5.72. The molecule has 0 aromatic heterocycles. The van der Waals surface area contributed by atoms with Crippen LogP contribution in [0.5, 0.6) is 0 Å². The van der Waals surface area contributed by atoms with E-state index in [-0.39, 0.29) is 6.04 Å². The average molecular weight is 171 g/mol. The molecule has 0 spiro atoms. The summed E-state index contributed by atoms with van der Waals surface area (Å²) >= 11 is 0. The van der Waals surface area contributed by atoms with E-state index in [2.05, 4.69) is 11.8 Å². The van der Waals surface area contributed by atoms with Crippen molar-refractivity contribution in [2.75, 3.05) is 6.54 Å². The van der Waals surface area contributed by atoms with Gasteiger partial charge in [-0.1, -0.05) is 6.42 Å². The summed E-state index contributed by atoms with van der Waals surface area (Å²) in [4.78, 5) is 12.8. The third-order valence-electron chi connectivity index (χ3n) is 2.71. The number of carboxylic acid groups (broad SMARTS) is 1. The Labute approximate surface area is 73.4 Å². The van der Waals surface area contributed by atoms with E-state index in [1.165, 1.54) is 6.42 Å². The Morgan fingerprint density at radius 3 is 2.75 bits per heavy atom. The van der Waals surface area contributed by atoms with Crippen molar-refractivity contribution in [1.29, 1.82) is 0 Å². The van der Waals surface area contributed by atoms with Crippen molar-refractivity contribution in [2.45, 2.75) is 45.2 Å². The molecule has 1 aliphatic rings. The molecule has 0 amide bonds. The molecule has 2 atom stereocenters. The van der Waals surface area contributed by atoms with Crippen LogP contribution in [0.25, 0.3) is 0 Å². The molecule has 0 aromatic rings. The summed E-state index contributed by atoms with van der Waals surface area (Å²) in [5.41, 5.74) is 0. The third kappa shape index (κ3) is 1.97. The van der Waals surface area contributed by atoms with Crippen LogP contribution < -0.4 is 0 Å². The smallest absolute Gasteiger partial charge is 0.320 e. The van der Waals surface area contributed by atoms with Gasteiger partial charge in [-0.2, -0.15) is 0 Å². The van der Waals surface area contributed by atoms with E-state index in [1.54, 1.807) is 6.92 Å². The first-order valence-electron chi connectivity index (χ1n) is 4.61. The largest absolute Gasteiger partial charge is 0.480 e. The van der Waals surface area contributed by atoms with Crippen molar-refractivity contribution in [3.8, 4) is 0 Å². The van der Waals surface area contributed by atoms with Crippen LogP contribution in [0.1, 0.15) is 33.1 Å². The van der Waals surface area contributed by atoms with Gasteiger partial charge >= 0.3 is 5.97 Å². The normalized spacial score (nSPS) is 28.3. The Hall–Kier alpha value is -0.570. The van der Waals surface area contributed by atoms with Gasteiger partial charge in [-0.3, -0.25) is 9.69 Å². The Bertz CT molecular complexity index is 170. The number of hydrogen-bond donors (Lipinski definition) is 1. The first kappa shape index (κ1) is 9.52. The maximum absolute atomic E-state index is 10.7. The SMILES string of the molecule is CC1CCCCN1C(C)C(=O)O. The highest BCUT2D eigenvalue weighted by atomic mass is 16.4. The Morgan fingerprint density at radius 2 is 2.25 bits per heavy atom. The standard InChI is InChI=1S/C9H17NO2/c1-7-5-3-4-6-10(7)8(2)9(11)12/h7-8H,3-6H2,1-2H3,(H,11,12). The molecule has 0 radical (unpaired) electrons. The van der Waals surface area contributed by atoms with E-state index in [1.807, 2.05) is 0 Å². The maximum atomic E-state index is 10.7. The molecule has 0 aliphatic carbocycles. The molecule has 1 fully saturated rings. The van der Waals surface area contributed by atoms with E-state index in [9.17, 15) is 4.79 Å². The van der Waals surface area contributed by atoms with E-state index >= 15 is 0 Å². The highest BCUT2D eigenvalue weighted by Gasteiger charge is 2.26. The second-order valence-electron chi connectivity index (χ2n) is 3.60. The number of nitrogens with zero attached hydrogens (tertiary/aromatic N) is 1. The summed E-state index contributed by atoms with van der Waals surface area (Å²) in [6.45, 7) is 4.82. The molecule has 3 nitrogen and oxygen atoms in total. The fraction of sp³-hybridized carbons (Fsp3) is 0.889. The molecule has 3 heteroatoms. The van der Waals surface area contributed by atoms with Crippen LogP contribution in [-0.2, 0) is 4.79 Å². The topological polar surface area (TPSA) is 40.5 Å². The van der Waals surface area contributed by atoms with Gasteiger partial charge in [0, 0.05) is 6.04 Å². The lowest BCUT2D eigenvalue weighted by Crippen LogP contribution is -2.47. The first-order valence-corrected chi connectivity index (χ1v) is 4.61. The molecule has 1 N–H and O–H groups in total. The molecule has 1 aliphatic heterocycles. The van der Waals surface area contributed by atoms with Crippen molar-refractivity contribution in [3.63, 3.8) is 0 Å². The van der Waals surface area contributed by atoms with Crippen LogP contribution >= 0.6 is 0 Å². The van der Waals surface area contributed by atoms with Gasteiger partial charge < -0.3 is 5.11 Å². The van der Waals surface area contributed by atoms with Gasteiger partial charge in [0.25, 0.3) is 0 Å². The minimum absolute atomic E-state index is 0.319. The Morgan fingerprint density at radius 1 is 1.58 bits per heavy atom. The molecule has 12 heavy (non-hydrogen) atoms. The summed E-state index contributed by atoms with van der Waals surface area (Å²) in [7, 11) is 0. The zero-order valence-electron chi connectivity index (χ0n) is 7.79. The van der Waals surface area contributed by atoms with E-state index in [4.69, 9.17) is 5.11 Å². The summed E-state index contributed by atoms with van der Waals surface area (Å²) in [6.07, 6.45) is 3.52. The zero-order chi connectivity index (χ0) is 9.14. The van der Waals surface area contributed by atoms with Gasteiger partial charge in [0.1, 0.15) is 6.04 Å². The number of piperidine rings is 1. The Kier molecular flexibility index (Phi) is 3.09. The van der Waals surface area contributed by atoms with Crippen molar-refractivity contribution in [2.24, 2.45) is 0 Å². The van der Waals surface area contributed by atoms with Gasteiger partial charge in [0.15, 0.2) is 0 Å². The minimum atomic E-state index is -0.705. The molecule has 0 saturated carbocycles. The lowest BCUT2D eigenvalue weighted by Gasteiger charge is -2.35. The van der Waals surface area contributed by atoms with Gasteiger partial charge in [0.2, 0.25) is 0 Å². The van der Waals surface area contributed by atoms with E-state index in [0.29, 0.717) is 6.04 Å². The number of hydrogen-bond acceptors (Lipinski definition) is 2. The fourth-order valence-electron chi connectivity index (χ4n) is 1.84. The fourth-order valence-corrected chi connectivity index (χ4v) is 1.84. The van der Waals surface area contributed by atoms with Gasteiger partial charge in [-0.15, -0.1) is 0 Å². The lowest BCUT2D eigenvalue weighted by molar-refractivity contribution is -0.144. The van der Waals surface area contributed by atoms with Crippen molar-refractivity contribution < 1.29 is 9.90 Å². The predicted octanol–water partition coefficient (Wildman–Crippen LogP) is 1.33. The van der Waals surface area contributed by atoms with E-state index < -0.39 is 5.97 Å². The third-order valence-corrected chi connectivity index (χ3v) is 2.71. The molecule has 1 rings (SSSR count). The summed E-state index contributed by atoms with van der Waals surface area (Å²) in [6, 6.07) is 0.116. The second-order valence-corrected chi connectivity index (χ2v) is 3.60. The predicted molar refractivity (Wildman–Crippen MR) is 47.1 cm³/mol. The zero-order valence-corrected chi connectivity index (χ0v) is 7.79. The average Bonchev–Trinajstić information content (AvgIpc) is 2.04. The summed E-state index contributed by atoms with van der Waals surface area (Å²) in [5, 5.41) is 8.81. The van der Waals surface area contributed by atoms with E-state index in [0.717, 1.165) is 19.4 Å². The van der Waals surface area contributed by atoms with Crippen LogP contribution in [-0.4, -0.2) is 34.6 Å². The monoisotopic (exact) mass is 171 g/mol. The van der Waals surface area contributed by atoms with Crippen LogP contribution in [0.3, 0.4) is 0 Å². The van der Waals surface area contributed by atoms with Crippen LogP contribution in [0.2, 0.25) is 0 Å². The Balaban J connectivity index is 2.53. The number of likely N-dealkylation sites (tertiary alicyclic amines) is 1. The number of rotatable bonds is 2. The number of aliphatic carboxylic acids is 1. The van der Waals surface area contributed by atoms with Gasteiger partial charge in [0.05, 0.1) is 0 Å². The lowest BCUT2D eigenvalue weighted by atomic mass is 10.0. The minimum Gasteiger partial charge on any atom is -0.480 e. The maximum Gasteiger partial charge on any atom is 0.320 e. The highest BCUT2D eigenvalue weighted by Crippen LogP contribution is 2.18. The molecule has 0 bridgehead atoms. The van der Waals surface area contributed by atoms with Gasteiger partial charge in [-0.05, 0) is 33.2 Å². The van der Waals surface area contributed by atoms with Crippen LogP contribution in [0.4, 0.5) is 0 Å². The van der Waals surface area contributed by atoms with Crippen molar-refractivity contribution >= 4 is 5.97 Å². The second kappa shape index (κ2) is 3.90. The van der Waals surface area contributed by atoms with Crippen LogP contribution in [0.15, 0.2) is 0 Å². The van der Waals surface area contributed by atoms with Crippen molar-refractivity contribution in [3.05, 3.63) is 0 Å². The number of carboxylic acids is 1. The van der Waals surface area contributed by atoms with Crippen molar-refractivity contribution in [1.82, 2.24) is 4.90 Å². The quantitative estimate of drug-likeness (QED) is 0.681. The van der Waals surface area contributed by atoms with Crippen LogP contribution in [0, 0.1) is 0 Å². The molecule has 2 unspecified atom stereocenters. The molecule has 1 heterocycles. The molecular weight excluding hydrogens is 154 g/mol. The molecule has 1 saturated heterocycles. The first-order chi connectivity index (χ1) is 5.63. The number of carbonyl (C=O) groups is 1. The van der Waals surface area contributed by atoms with Gasteiger partial charge in [-0.25, -0.2) is 0 Å².